The second kappa shape index (κ2) is 10.2. The van der Waals surface area contributed by atoms with Crippen LogP contribution in [0.3, 0.4) is 0 Å². The number of carbonyl (C=O) groups is 5. The zero-order valence-electron chi connectivity index (χ0n) is 23.9. The van der Waals surface area contributed by atoms with Crippen LogP contribution < -0.4 is 5.73 Å². The normalized spacial score (nSPS) is 32.8. The second-order valence-electron chi connectivity index (χ2n) is 12.8. The lowest BCUT2D eigenvalue weighted by Gasteiger charge is -2.52. The molecule has 4 aliphatic rings. The fourth-order valence-electron chi connectivity index (χ4n) is 7.66. The number of rotatable bonds is 4. The average molecular weight is 610 g/mol. The van der Waals surface area contributed by atoms with E-state index in [1.165, 1.54) is 19.0 Å². The third kappa shape index (κ3) is 4.78. The third-order valence-corrected chi connectivity index (χ3v) is 9.76. The van der Waals surface area contributed by atoms with Crippen LogP contribution in [0.5, 0.6) is 5.75 Å². The Morgan fingerprint density at radius 1 is 1.12 bits per heavy atom. The fourth-order valence-corrected chi connectivity index (χ4v) is 7.66. The SMILES string of the molecule is CN(C)[C@@H]1C(=O)C(C(N)=O)C(=O)[C@@]2(O)C(=O)C3C(=O)c4c(O)cc(CN5CCC(C)(O)CC5)c(C(F)(F)F)c4C[C@H]3C[C@@H]12. The van der Waals surface area contributed by atoms with Crippen molar-refractivity contribution in [1.29, 1.82) is 0 Å². The van der Waals surface area contributed by atoms with E-state index in [-0.39, 0.29) is 18.5 Å². The Hall–Kier alpha value is -3.20. The molecule has 1 heterocycles. The Balaban J connectivity index is 1.61. The Labute approximate surface area is 244 Å². The molecule has 0 aromatic heterocycles. The largest absolute Gasteiger partial charge is 0.507 e. The van der Waals surface area contributed by atoms with Crippen LogP contribution in [0.4, 0.5) is 13.2 Å². The van der Waals surface area contributed by atoms with Crippen LogP contribution in [0.25, 0.3) is 0 Å². The molecule has 14 heteroatoms. The summed E-state index contributed by atoms with van der Waals surface area (Å²) >= 11 is 0. The van der Waals surface area contributed by atoms with Gasteiger partial charge in [-0.25, -0.2) is 0 Å². The summed E-state index contributed by atoms with van der Waals surface area (Å²) in [5.74, 6) is -13.5. The molecule has 234 valence electrons. The highest BCUT2D eigenvalue weighted by molar-refractivity contribution is 6.32. The number of aromatic hydroxyl groups is 1. The van der Waals surface area contributed by atoms with Gasteiger partial charge in [0.1, 0.15) is 5.75 Å². The van der Waals surface area contributed by atoms with Crippen molar-refractivity contribution in [3.8, 4) is 5.75 Å². The predicted molar refractivity (Wildman–Crippen MR) is 141 cm³/mol. The summed E-state index contributed by atoms with van der Waals surface area (Å²) in [5.41, 5.74) is -1.18. The molecule has 1 saturated heterocycles. The number of phenols is 1. The van der Waals surface area contributed by atoms with E-state index < -0.39 is 105 Å². The minimum absolute atomic E-state index is 0.213. The number of benzene rings is 1. The van der Waals surface area contributed by atoms with Gasteiger partial charge in [0.15, 0.2) is 34.7 Å². The van der Waals surface area contributed by atoms with E-state index in [0.717, 1.165) is 6.07 Å². The van der Waals surface area contributed by atoms with Crippen LogP contribution in [0, 0.1) is 23.7 Å². The van der Waals surface area contributed by atoms with Gasteiger partial charge < -0.3 is 21.1 Å². The molecule has 2 saturated carbocycles. The van der Waals surface area contributed by atoms with Gasteiger partial charge in [0.2, 0.25) is 5.91 Å². The first-order valence-corrected chi connectivity index (χ1v) is 14.1. The number of alkyl halides is 3. The highest BCUT2D eigenvalue weighted by atomic mass is 19.4. The maximum absolute atomic E-state index is 14.7. The van der Waals surface area contributed by atoms with Gasteiger partial charge >= 0.3 is 6.18 Å². The van der Waals surface area contributed by atoms with E-state index in [9.17, 15) is 52.5 Å². The van der Waals surface area contributed by atoms with E-state index in [0.29, 0.717) is 25.9 Å². The van der Waals surface area contributed by atoms with E-state index in [1.807, 2.05) is 0 Å². The van der Waals surface area contributed by atoms with E-state index >= 15 is 0 Å². The number of likely N-dealkylation sites (tertiary alicyclic amines) is 1. The van der Waals surface area contributed by atoms with Gasteiger partial charge in [0, 0.05) is 25.6 Å². The summed E-state index contributed by atoms with van der Waals surface area (Å²) < 4.78 is 44.1. The lowest BCUT2D eigenvalue weighted by atomic mass is 9.52. The molecule has 1 amide bonds. The molecule has 5 N–H and O–H groups in total. The maximum atomic E-state index is 14.7. The van der Waals surface area contributed by atoms with Crippen molar-refractivity contribution in [2.24, 2.45) is 29.4 Å². The Kier molecular flexibility index (Phi) is 7.39. The van der Waals surface area contributed by atoms with Crippen molar-refractivity contribution < 1.29 is 52.5 Å². The minimum atomic E-state index is -4.95. The fraction of sp³-hybridized carbons (Fsp3) is 0.621. The number of amides is 1. The Morgan fingerprint density at radius 2 is 1.72 bits per heavy atom. The number of phenolic OH excluding ortho intramolecular Hbond substituents is 1. The first-order valence-electron chi connectivity index (χ1n) is 14.1. The Bertz CT molecular complexity index is 1430. The van der Waals surface area contributed by atoms with E-state index in [1.54, 1.807) is 11.8 Å². The number of ketones is 4. The summed E-state index contributed by atoms with van der Waals surface area (Å²) in [4.78, 5) is 69.2. The van der Waals surface area contributed by atoms with Crippen molar-refractivity contribution in [3.05, 3.63) is 28.3 Å². The van der Waals surface area contributed by atoms with Gasteiger partial charge in [0.25, 0.3) is 0 Å². The van der Waals surface area contributed by atoms with Gasteiger partial charge in [-0.05, 0) is 69.8 Å². The number of hydrogen-bond donors (Lipinski definition) is 4. The minimum Gasteiger partial charge on any atom is -0.507 e. The van der Waals surface area contributed by atoms with Crippen LogP contribution in [-0.2, 0) is 38.3 Å². The van der Waals surface area contributed by atoms with E-state index in [4.69, 9.17) is 5.73 Å². The molecule has 2 unspecified atom stereocenters. The number of likely N-dealkylation sites (N-methyl/N-ethyl adjacent to an activating group) is 1. The number of nitrogens with two attached hydrogens (primary N) is 1. The summed E-state index contributed by atoms with van der Waals surface area (Å²) in [7, 11) is 2.83. The standard InChI is InChI=1S/C29H34F3N3O8/c1-27(42)4-6-35(7-5-27)11-13-10-16(36)18-14(20(13)29(30,31)32)8-12-9-15-21(34(2)3)23(38)19(26(33)41)25(40)28(15,43)24(39)17(12)22(18)37/h10,12,15,17,19,21,36,42-43H,4-9,11H2,1-3H3,(H2,33,41)/t12-,15-,17?,19?,21-,28-/m0/s1. The van der Waals surface area contributed by atoms with Crippen molar-refractivity contribution in [3.63, 3.8) is 0 Å². The number of halogens is 3. The van der Waals surface area contributed by atoms with Gasteiger partial charge in [-0.15, -0.1) is 0 Å². The highest BCUT2D eigenvalue weighted by Gasteiger charge is 2.69. The summed E-state index contributed by atoms with van der Waals surface area (Å²) in [6.45, 7) is 2.05. The number of nitrogens with zero attached hydrogens (tertiary/aromatic N) is 2. The quantitative estimate of drug-likeness (QED) is 0.346. The second-order valence-corrected chi connectivity index (χ2v) is 12.8. The third-order valence-electron chi connectivity index (χ3n) is 9.76. The van der Waals surface area contributed by atoms with Crippen LogP contribution in [0.2, 0.25) is 0 Å². The molecular weight excluding hydrogens is 575 g/mol. The van der Waals surface area contributed by atoms with Crippen LogP contribution in [0.1, 0.15) is 53.2 Å². The van der Waals surface area contributed by atoms with Crippen molar-refractivity contribution in [2.75, 3.05) is 27.2 Å². The first kappa shape index (κ1) is 31.2. The summed E-state index contributed by atoms with van der Waals surface area (Å²) in [6, 6.07) is -0.507. The Morgan fingerprint density at radius 3 is 2.26 bits per heavy atom. The zero-order valence-corrected chi connectivity index (χ0v) is 23.9. The molecule has 5 rings (SSSR count). The maximum Gasteiger partial charge on any atom is 0.417 e. The van der Waals surface area contributed by atoms with Crippen molar-refractivity contribution in [1.82, 2.24) is 9.80 Å². The molecule has 0 bridgehead atoms. The first-order chi connectivity index (χ1) is 19.8. The number of hydrogen-bond acceptors (Lipinski definition) is 10. The molecule has 1 aromatic rings. The molecule has 0 radical (unpaired) electrons. The van der Waals surface area contributed by atoms with Gasteiger partial charge in [-0.1, -0.05) is 0 Å². The van der Waals surface area contributed by atoms with Crippen molar-refractivity contribution >= 4 is 29.0 Å². The number of aliphatic hydroxyl groups is 2. The molecule has 0 spiro atoms. The lowest BCUT2D eigenvalue weighted by Crippen LogP contribution is -2.74. The predicted octanol–water partition coefficient (Wildman–Crippen LogP) is 0.233. The summed E-state index contributed by atoms with van der Waals surface area (Å²) in [5, 5.41) is 32.7. The molecule has 11 nitrogen and oxygen atoms in total. The molecule has 43 heavy (non-hydrogen) atoms. The van der Waals surface area contributed by atoms with Crippen LogP contribution >= 0.6 is 0 Å². The molecule has 3 aliphatic carbocycles. The van der Waals surface area contributed by atoms with Crippen LogP contribution in [0.15, 0.2) is 6.07 Å². The molecule has 1 aliphatic heterocycles. The molecule has 3 fully saturated rings. The number of carbonyl (C=O) groups excluding carboxylic acids is 5. The van der Waals surface area contributed by atoms with Crippen LogP contribution in [-0.4, -0.2) is 98.6 Å². The zero-order chi connectivity index (χ0) is 32.0. The highest BCUT2D eigenvalue weighted by Crippen LogP contribution is 2.52. The lowest BCUT2D eigenvalue weighted by molar-refractivity contribution is -0.181. The monoisotopic (exact) mass is 609 g/mol. The number of fused-ring (bicyclic) bond motifs is 3. The molecule has 1 aromatic carbocycles. The molecule has 6 atom stereocenters. The average Bonchev–Trinajstić information content (AvgIpc) is 2.86. The van der Waals surface area contributed by atoms with Gasteiger partial charge in [0.05, 0.1) is 28.7 Å². The van der Waals surface area contributed by atoms with Gasteiger partial charge in [-0.2, -0.15) is 13.2 Å². The number of piperidine rings is 1. The van der Waals surface area contributed by atoms with Crippen molar-refractivity contribution in [2.45, 2.75) is 62.6 Å². The molecular formula is C29H34F3N3O8. The summed E-state index contributed by atoms with van der Waals surface area (Å²) in [6.07, 6.45) is -5.12. The number of primary amides is 1. The van der Waals surface area contributed by atoms with E-state index in [2.05, 4.69) is 0 Å². The smallest absolute Gasteiger partial charge is 0.417 e. The topological polar surface area (TPSA) is 179 Å². The number of Topliss-reactive ketones (excluding diaryl/α,β-unsaturated/α-hetero) is 4. The van der Waals surface area contributed by atoms with Gasteiger partial charge in [-0.3, -0.25) is 33.8 Å².